The Labute approximate surface area is 124 Å². The summed E-state index contributed by atoms with van der Waals surface area (Å²) in [7, 11) is 0. The van der Waals surface area contributed by atoms with Crippen LogP contribution in [0.5, 0.6) is 0 Å². The number of anilines is 1. The molecule has 20 heavy (non-hydrogen) atoms. The molecule has 0 spiro atoms. The number of hydrogen-bond acceptors (Lipinski definition) is 3. The molecule has 2 N–H and O–H groups in total. The van der Waals surface area contributed by atoms with Crippen LogP contribution in [0.4, 0.5) is 5.69 Å². The lowest BCUT2D eigenvalue weighted by Gasteiger charge is -2.08. The Morgan fingerprint density at radius 3 is 2.55 bits per heavy atom. The van der Waals surface area contributed by atoms with Crippen molar-refractivity contribution in [1.29, 1.82) is 0 Å². The van der Waals surface area contributed by atoms with E-state index in [1.165, 1.54) is 6.07 Å². The normalized spacial score (nSPS) is 11.9. The van der Waals surface area contributed by atoms with Crippen molar-refractivity contribution in [2.45, 2.75) is 18.7 Å². The van der Waals surface area contributed by atoms with Crippen molar-refractivity contribution in [1.82, 2.24) is 10.2 Å². The molecule has 0 fully saturated rings. The van der Waals surface area contributed by atoms with Crippen LogP contribution in [0.3, 0.4) is 0 Å². The van der Waals surface area contributed by atoms with E-state index in [2.05, 4.69) is 31.4 Å². The van der Waals surface area contributed by atoms with Gasteiger partial charge in [0.05, 0.1) is 10.5 Å². The molecule has 0 aliphatic heterocycles. The predicted molar refractivity (Wildman–Crippen MR) is 82.0 cm³/mol. The average molecular weight is 336 g/mol. The van der Waals surface area contributed by atoms with Crippen LogP contribution in [0.15, 0.2) is 35.1 Å². The zero-order chi connectivity index (χ0) is 14.7. The van der Waals surface area contributed by atoms with Gasteiger partial charge >= 0.3 is 0 Å². The summed E-state index contributed by atoms with van der Waals surface area (Å²) in [4.78, 5) is 22.4. The highest BCUT2D eigenvalue weighted by atomic mass is 79.9. The minimum Gasteiger partial charge on any atom is -0.325 e. The van der Waals surface area contributed by atoms with Crippen LogP contribution in [0.2, 0.25) is 0 Å². The third-order valence-corrected chi connectivity index (χ3v) is 3.20. The second-order valence-electron chi connectivity index (χ2n) is 4.45. The van der Waals surface area contributed by atoms with E-state index >= 15 is 0 Å². The first-order valence-electron chi connectivity index (χ1n) is 6.09. The largest absolute Gasteiger partial charge is 0.325 e. The van der Waals surface area contributed by atoms with Crippen molar-refractivity contribution in [2.24, 2.45) is 0 Å². The van der Waals surface area contributed by atoms with E-state index in [0.29, 0.717) is 5.69 Å². The summed E-state index contributed by atoms with van der Waals surface area (Å²) >= 11 is 3.21. The van der Waals surface area contributed by atoms with E-state index in [1.54, 1.807) is 19.1 Å². The lowest BCUT2D eigenvalue weighted by molar-refractivity contribution is -0.115. The summed E-state index contributed by atoms with van der Waals surface area (Å²) in [6.07, 6.45) is 0. The van der Waals surface area contributed by atoms with E-state index in [0.717, 1.165) is 16.8 Å². The number of nitrogens with one attached hydrogen (secondary N) is 2. The molecule has 1 aromatic carbocycles. The number of nitrogens with zero attached hydrogens (tertiary/aromatic N) is 1. The second kappa shape index (κ2) is 6.00. The molecule has 0 bridgehead atoms. The summed E-state index contributed by atoms with van der Waals surface area (Å²) in [6, 6.07) is 8.80. The standard InChI is InChI=1S/C14H14BrN3O2/c1-8-7-12(19)17-18-13(8)10-3-5-11(6-4-10)16-14(20)9(2)15/h3-7,9H,1-2H3,(H,16,20)(H,17,19). The number of rotatable bonds is 3. The first-order chi connectivity index (χ1) is 9.47. The molecule has 6 heteroatoms. The van der Waals surface area contributed by atoms with Crippen LogP contribution in [0.25, 0.3) is 11.3 Å². The lowest BCUT2D eigenvalue weighted by atomic mass is 10.1. The Hall–Kier alpha value is -1.95. The maximum absolute atomic E-state index is 11.5. The third kappa shape index (κ3) is 3.33. The number of hydrogen-bond donors (Lipinski definition) is 2. The summed E-state index contributed by atoms with van der Waals surface area (Å²) in [5.74, 6) is -0.101. The van der Waals surface area contributed by atoms with Crippen LogP contribution in [0, 0.1) is 6.92 Å². The Morgan fingerprint density at radius 2 is 2.00 bits per heavy atom. The van der Waals surface area contributed by atoms with E-state index in [-0.39, 0.29) is 16.3 Å². The van der Waals surface area contributed by atoms with Gasteiger partial charge in [-0.1, -0.05) is 28.1 Å². The molecule has 0 saturated heterocycles. The van der Waals surface area contributed by atoms with Gasteiger partial charge in [-0.15, -0.1) is 0 Å². The van der Waals surface area contributed by atoms with Crippen molar-refractivity contribution in [3.8, 4) is 11.3 Å². The highest BCUT2D eigenvalue weighted by Gasteiger charge is 2.09. The molecule has 104 valence electrons. The maximum atomic E-state index is 11.5. The van der Waals surface area contributed by atoms with Gasteiger partial charge in [-0.05, 0) is 31.5 Å². The lowest BCUT2D eigenvalue weighted by Crippen LogP contribution is -2.19. The number of carbonyl (C=O) groups is 1. The van der Waals surface area contributed by atoms with Gasteiger partial charge in [0.25, 0.3) is 5.56 Å². The minimum absolute atomic E-state index is 0.101. The predicted octanol–water partition coefficient (Wildman–Crippen LogP) is 2.47. The molecule has 1 aromatic heterocycles. The molecular weight excluding hydrogens is 322 g/mol. The summed E-state index contributed by atoms with van der Waals surface area (Å²) in [5, 5.41) is 9.23. The number of halogens is 1. The van der Waals surface area contributed by atoms with Gasteiger partial charge in [-0.2, -0.15) is 5.10 Å². The Morgan fingerprint density at radius 1 is 1.35 bits per heavy atom. The van der Waals surface area contributed by atoms with Crippen molar-refractivity contribution in [3.05, 3.63) is 46.2 Å². The van der Waals surface area contributed by atoms with E-state index in [1.807, 2.05) is 19.1 Å². The molecule has 0 saturated carbocycles. The molecule has 2 rings (SSSR count). The Bertz CT molecular complexity index is 678. The van der Waals surface area contributed by atoms with Crippen molar-refractivity contribution >= 4 is 27.5 Å². The fraction of sp³-hybridized carbons (Fsp3) is 0.214. The molecular formula is C14H14BrN3O2. The highest BCUT2D eigenvalue weighted by molar-refractivity contribution is 9.10. The number of amides is 1. The SMILES string of the molecule is Cc1cc(=O)[nH]nc1-c1ccc(NC(=O)C(C)Br)cc1. The minimum atomic E-state index is -0.245. The summed E-state index contributed by atoms with van der Waals surface area (Å²) in [6.45, 7) is 3.59. The van der Waals surface area contributed by atoms with Gasteiger partial charge in [0.15, 0.2) is 0 Å². The number of aromatic amines is 1. The monoisotopic (exact) mass is 335 g/mol. The van der Waals surface area contributed by atoms with Crippen molar-refractivity contribution in [2.75, 3.05) is 5.32 Å². The quantitative estimate of drug-likeness (QED) is 0.846. The molecule has 0 aliphatic rings. The zero-order valence-electron chi connectivity index (χ0n) is 11.1. The molecule has 2 aromatic rings. The molecule has 1 atom stereocenters. The molecule has 0 radical (unpaired) electrons. The highest BCUT2D eigenvalue weighted by Crippen LogP contribution is 2.21. The summed E-state index contributed by atoms with van der Waals surface area (Å²) < 4.78 is 0. The average Bonchev–Trinajstić information content (AvgIpc) is 2.40. The van der Waals surface area contributed by atoms with Crippen LogP contribution in [0.1, 0.15) is 12.5 Å². The van der Waals surface area contributed by atoms with E-state index in [4.69, 9.17) is 0 Å². The first-order valence-corrected chi connectivity index (χ1v) is 7.00. The number of aromatic nitrogens is 2. The maximum Gasteiger partial charge on any atom is 0.264 e. The number of alkyl halides is 1. The van der Waals surface area contributed by atoms with Crippen molar-refractivity contribution < 1.29 is 4.79 Å². The van der Waals surface area contributed by atoms with Crippen LogP contribution in [-0.2, 0) is 4.79 Å². The summed E-state index contributed by atoms with van der Waals surface area (Å²) in [5.41, 5.74) is 2.90. The van der Waals surface area contributed by atoms with E-state index < -0.39 is 0 Å². The number of benzene rings is 1. The second-order valence-corrected chi connectivity index (χ2v) is 5.82. The van der Waals surface area contributed by atoms with Gasteiger partial charge in [-0.3, -0.25) is 9.59 Å². The number of carbonyl (C=O) groups excluding carboxylic acids is 1. The number of aryl methyl sites for hydroxylation is 1. The molecule has 1 heterocycles. The zero-order valence-corrected chi connectivity index (χ0v) is 12.7. The smallest absolute Gasteiger partial charge is 0.264 e. The molecule has 0 aliphatic carbocycles. The number of H-pyrrole nitrogens is 1. The first kappa shape index (κ1) is 14.5. The van der Waals surface area contributed by atoms with Crippen LogP contribution < -0.4 is 10.9 Å². The van der Waals surface area contributed by atoms with Gasteiger partial charge in [0.2, 0.25) is 5.91 Å². The fourth-order valence-corrected chi connectivity index (χ4v) is 1.86. The fourth-order valence-electron chi connectivity index (χ4n) is 1.74. The molecule has 1 unspecified atom stereocenters. The molecule has 1 amide bonds. The van der Waals surface area contributed by atoms with E-state index in [9.17, 15) is 9.59 Å². The van der Waals surface area contributed by atoms with Gasteiger partial charge in [-0.25, -0.2) is 5.10 Å². The third-order valence-electron chi connectivity index (χ3n) is 2.79. The topological polar surface area (TPSA) is 74.8 Å². The van der Waals surface area contributed by atoms with Crippen LogP contribution in [-0.4, -0.2) is 20.9 Å². The Balaban J connectivity index is 2.24. The Kier molecular flexibility index (Phi) is 4.34. The van der Waals surface area contributed by atoms with Gasteiger partial charge in [0.1, 0.15) is 0 Å². The van der Waals surface area contributed by atoms with Gasteiger partial charge in [0, 0.05) is 17.3 Å². The molecule has 5 nitrogen and oxygen atoms in total. The van der Waals surface area contributed by atoms with Crippen LogP contribution >= 0.6 is 15.9 Å². The van der Waals surface area contributed by atoms with Gasteiger partial charge < -0.3 is 5.32 Å². The van der Waals surface area contributed by atoms with Crippen molar-refractivity contribution in [3.63, 3.8) is 0 Å².